The fourth-order valence-corrected chi connectivity index (χ4v) is 0.824. The lowest BCUT2D eigenvalue weighted by Gasteiger charge is -2.03. The molecule has 0 unspecified atom stereocenters. The van der Waals surface area contributed by atoms with E-state index in [9.17, 15) is 9.59 Å². The Morgan fingerprint density at radius 1 is 1.29 bits per heavy atom. The number of amides is 1. The van der Waals surface area contributed by atoms with Crippen LogP contribution in [0, 0.1) is 0 Å². The van der Waals surface area contributed by atoms with Crippen molar-refractivity contribution in [2.75, 3.05) is 0 Å². The third-order valence-corrected chi connectivity index (χ3v) is 1.58. The van der Waals surface area contributed by atoms with Crippen LogP contribution in [0.5, 0.6) is 0 Å². The van der Waals surface area contributed by atoms with Crippen LogP contribution >= 0.6 is 0 Å². The number of rotatable bonds is 2. The molecular formula is C10H11NO3. The maximum Gasteiger partial charge on any atom is 0.331 e. The Morgan fingerprint density at radius 3 is 2.50 bits per heavy atom. The molecule has 0 heterocycles. The van der Waals surface area contributed by atoms with Crippen molar-refractivity contribution in [3.05, 3.63) is 35.9 Å². The largest absolute Gasteiger partial charge is 0.341 e. The molecule has 1 aromatic carbocycles. The normalized spacial score (nSPS) is 9.21. The lowest BCUT2D eigenvalue weighted by Crippen LogP contribution is -2.26. The van der Waals surface area contributed by atoms with E-state index in [1.165, 1.54) is 0 Å². The average molecular weight is 193 g/mol. The fourth-order valence-electron chi connectivity index (χ4n) is 0.824. The Kier molecular flexibility index (Phi) is 3.67. The number of nitrogens with one attached hydrogen (secondary N) is 1. The standard InChI is InChI=1S/C10H11NO3/c1-2-9(12)14-11-10(13)8-6-4-3-5-7-8/h3-7H,2H2,1H3,(H,11,13). The van der Waals surface area contributed by atoms with Crippen molar-refractivity contribution in [3.63, 3.8) is 0 Å². The number of benzene rings is 1. The summed E-state index contributed by atoms with van der Waals surface area (Å²) in [4.78, 5) is 26.5. The first kappa shape index (κ1) is 10.2. The van der Waals surface area contributed by atoms with Crippen molar-refractivity contribution in [2.24, 2.45) is 0 Å². The van der Waals surface area contributed by atoms with Gasteiger partial charge in [0.2, 0.25) is 0 Å². The van der Waals surface area contributed by atoms with Gasteiger partial charge in [0, 0.05) is 12.0 Å². The minimum absolute atomic E-state index is 0.231. The molecule has 0 spiro atoms. The van der Waals surface area contributed by atoms with Gasteiger partial charge in [0.15, 0.2) is 0 Å². The van der Waals surface area contributed by atoms with Gasteiger partial charge in [-0.3, -0.25) is 4.79 Å². The van der Waals surface area contributed by atoms with Crippen LogP contribution < -0.4 is 5.48 Å². The summed E-state index contributed by atoms with van der Waals surface area (Å²) < 4.78 is 0. The Morgan fingerprint density at radius 2 is 1.93 bits per heavy atom. The molecule has 0 aliphatic rings. The molecule has 1 N–H and O–H groups in total. The van der Waals surface area contributed by atoms with E-state index in [-0.39, 0.29) is 6.42 Å². The molecule has 14 heavy (non-hydrogen) atoms. The highest BCUT2D eigenvalue weighted by Gasteiger charge is 2.06. The summed E-state index contributed by atoms with van der Waals surface area (Å²) in [5.41, 5.74) is 2.52. The van der Waals surface area contributed by atoms with E-state index in [0.717, 1.165) is 0 Å². The van der Waals surface area contributed by atoms with Crippen molar-refractivity contribution in [1.29, 1.82) is 0 Å². The molecule has 0 radical (unpaired) electrons. The molecule has 0 fully saturated rings. The molecule has 0 aliphatic carbocycles. The van der Waals surface area contributed by atoms with Crippen molar-refractivity contribution >= 4 is 11.9 Å². The summed E-state index contributed by atoms with van der Waals surface area (Å²) in [6, 6.07) is 8.53. The van der Waals surface area contributed by atoms with Crippen molar-refractivity contribution < 1.29 is 14.4 Å². The Hall–Kier alpha value is -1.84. The van der Waals surface area contributed by atoms with Crippen LogP contribution in [0.3, 0.4) is 0 Å². The summed E-state index contributed by atoms with van der Waals surface area (Å²) in [5.74, 6) is -0.887. The Balaban J connectivity index is 2.48. The Bertz CT molecular complexity index is 321. The summed E-state index contributed by atoms with van der Waals surface area (Å²) in [6.07, 6.45) is 0.231. The first-order valence-corrected chi connectivity index (χ1v) is 4.29. The van der Waals surface area contributed by atoms with E-state index in [2.05, 4.69) is 10.3 Å². The number of carbonyl (C=O) groups excluding carboxylic acids is 2. The van der Waals surface area contributed by atoms with Gasteiger partial charge in [0.05, 0.1) is 0 Å². The van der Waals surface area contributed by atoms with Gasteiger partial charge < -0.3 is 4.84 Å². The fraction of sp³-hybridized carbons (Fsp3) is 0.200. The number of hydrogen-bond acceptors (Lipinski definition) is 3. The molecule has 0 bridgehead atoms. The van der Waals surface area contributed by atoms with Crippen molar-refractivity contribution in [2.45, 2.75) is 13.3 Å². The lowest BCUT2D eigenvalue weighted by molar-refractivity contribution is -0.148. The van der Waals surface area contributed by atoms with Crippen LogP contribution in [0.2, 0.25) is 0 Å². The molecule has 0 saturated carbocycles. The maximum absolute atomic E-state index is 11.3. The van der Waals surface area contributed by atoms with Crippen LogP contribution in [0.15, 0.2) is 30.3 Å². The number of carbonyl (C=O) groups is 2. The predicted octanol–water partition coefficient (Wildman–Crippen LogP) is 1.28. The third-order valence-electron chi connectivity index (χ3n) is 1.58. The first-order valence-electron chi connectivity index (χ1n) is 4.29. The van der Waals surface area contributed by atoms with Gasteiger partial charge in [0.1, 0.15) is 0 Å². The van der Waals surface area contributed by atoms with Gasteiger partial charge in [-0.25, -0.2) is 4.79 Å². The topological polar surface area (TPSA) is 55.4 Å². The smallest absolute Gasteiger partial charge is 0.331 e. The summed E-state index contributed by atoms with van der Waals surface area (Å²) >= 11 is 0. The molecular weight excluding hydrogens is 182 g/mol. The molecule has 0 saturated heterocycles. The van der Waals surface area contributed by atoms with Crippen molar-refractivity contribution in [3.8, 4) is 0 Å². The zero-order valence-corrected chi connectivity index (χ0v) is 7.82. The minimum atomic E-state index is -0.464. The number of hydroxylamine groups is 1. The molecule has 1 rings (SSSR count). The minimum Gasteiger partial charge on any atom is -0.341 e. The van der Waals surface area contributed by atoms with E-state index in [4.69, 9.17) is 0 Å². The maximum atomic E-state index is 11.3. The quantitative estimate of drug-likeness (QED) is 0.720. The van der Waals surface area contributed by atoms with Crippen LogP contribution in [0.1, 0.15) is 23.7 Å². The molecule has 1 aromatic rings. The SMILES string of the molecule is CCC(=O)ONC(=O)c1ccccc1. The zero-order valence-electron chi connectivity index (χ0n) is 7.82. The lowest BCUT2D eigenvalue weighted by atomic mass is 10.2. The van der Waals surface area contributed by atoms with E-state index >= 15 is 0 Å². The van der Waals surface area contributed by atoms with E-state index < -0.39 is 11.9 Å². The molecule has 0 atom stereocenters. The summed E-state index contributed by atoms with van der Waals surface area (Å²) in [7, 11) is 0. The van der Waals surface area contributed by atoms with Crippen LogP contribution in [0.4, 0.5) is 0 Å². The monoisotopic (exact) mass is 193 g/mol. The van der Waals surface area contributed by atoms with E-state index in [1.807, 2.05) is 0 Å². The van der Waals surface area contributed by atoms with Crippen LogP contribution in [-0.4, -0.2) is 11.9 Å². The third kappa shape index (κ3) is 2.90. The highest BCUT2D eigenvalue weighted by atomic mass is 16.7. The zero-order chi connectivity index (χ0) is 10.4. The van der Waals surface area contributed by atoms with Gasteiger partial charge in [0.25, 0.3) is 5.91 Å². The van der Waals surface area contributed by atoms with Gasteiger partial charge >= 0.3 is 5.97 Å². The van der Waals surface area contributed by atoms with E-state index in [1.54, 1.807) is 37.3 Å². The highest BCUT2D eigenvalue weighted by Crippen LogP contribution is 1.97. The first-order chi connectivity index (χ1) is 6.74. The second-order valence-electron chi connectivity index (χ2n) is 2.62. The molecule has 4 heteroatoms. The van der Waals surface area contributed by atoms with Crippen LogP contribution in [-0.2, 0) is 9.63 Å². The molecule has 0 aromatic heterocycles. The molecule has 0 aliphatic heterocycles. The van der Waals surface area contributed by atoms with Crippen LogP contribution in [0.25, 0.3) is 0 Å². The average Bonchev–Trinajstić information content (AvgIpc) is 2.26. The molecule has 4 nitrogen and oxygen atoms in total. The molecule has 1 amide bonds. The molecule has 74 valence electrons. The van der Waals surface area contributed by atoms with E-state index in [0.29, 0.717) is 5.56 Å². The van der Waals surface area contributed by atoms with Gasteiger partial charge in [-0.1, -0.05) is 25.1 Å². The van der Waals surface area contributed by atoms with Gasteiger partial charge in [-0.15, -0.1) is 0 Å². The number of hydrogen-bond donors (Lipinski definition) is 1. The second kappa shape index (κ2) is 5.01. The highest BCUT2D eigenvalue weighted by molar-refractivity contribution is 5.94. The summed E-state index contributed by atoms with van der Waals surface area (Å²) in [6.45, 7) is 1.65. The predicted molar refractivity (Wildman–Crippen MR) is 50.3 cm³/mol. The second-order valence-corrected chi connectivity index (χ2v) is 2.62. The Labute approximate surface area is 81.8 Å². The van der Waals surface area contributed by atoms with Gasteiger partial charge in [-0.05, 0) is 12.1 Å². The van der Waals surface area contributed by atoms with Gasteiger partial charge in [-0.2, -0.15) is 5.48 Å². The summed E-state index contributed by atoms with van der Waals surface area (Å²) in [5, 5.41) is 0. The van der Waals surface area contributed by atoms with Crippen molar-refractivity contribution in [1.82, 2.24) is 5.48 Å².